The standard InChI is InChI=1S/C48H31NO/c1-3-11-37-30-39(18-16-32(37)8-1)34-20-25-41(26-21-34)49(42-27-22-35(23-28-42)40-19-17-33-9-2-4-12-38(33)31-40)45-14-7-15-46-47(45)44-29-24-36-10-5-6-13-43(36)48(44)50-46/h1-31H/i1D,3D,8D,11D,16D,18D,20D,21D,22D,23D,25D,26D,27D,28D,30D. The highest BCUT2D eigenvalue weighted by atomic mass is 16.3. The molecule has 2 nitrogen and oxygen atoms in total. The molecule has 50 heavy (non-hydrogen) atoms. The van der Waals surface area contributed by atoms with Gasteiger partial charge in [-0.05, 0) is 104 Å². The lowest BCUT2D eigenvalue weighted by atomic mass is 9.99. The van der Waals surface area contributed by atoms with E-state index in [9.17, 15) is 11.0 Å². The van der Waals surface area contributed by atoms with Crippen LogP contribution in [0, 0.1) is 0 Å². The molecule has 1 aromatic heterocycles. The van der Waals surface area contributed by atoms with Crippen LogP contribution in [-0.4, -0.2) is 0 Å². The smallest absolute Gasteiger partial charge is 0.143 e. The van der Waals surface area contributed by atoms with Crippen LogP contribution in [0.5, 0.6) is 0 Å². The highest BCUT2D eigenvalue weighted by Gasteiger charge is 2.20. The van der Waals surface area contributed by atoms with Crippen LogP contribution in [0.3, 0.4) is 0 Å². The number of anilines is 3. The molecular weight excluding hydrogens is 607 g/mol. The molecule has 0 aliphatic carbocycles. The molecule has 1 heterocycles. The first-order chi connectivity index (χ1) is 31.0. The van der Waals surface area contributed by atoms with Crippen molar-refractivity contribution in [2.75, 3.05) is 4.90 Å². The number of nitrogens with zero attached hydrogens (tertiary/aromatic N) is 1. The zero-order valence-corrected chi connectivity index (χ0v) is 26.1. The fraction of sp³-hybridized carbons (Fsp3) is 0. The van der Waals surface area contributed by atoms with Gasteiger partial charge in [0.2, 0.25) is 0 Å². The average Bonchev–Trinajstić information content (AvgIpc) is 3.70. The van der Waals surface area contributed by atoms with Crippen LogP contribution >= 0.6 is 0 Å². The molecule has 0 aliphatic heterocycles. The zero-order valence-electron chi connectivity index (χ0n) is 41.1. The Kier molecular flexibility index (Phi) is 3.95. The normalized spacial score (nSPS) is 15.8. The van der Waals surface area contributed by atoms with E-state index < -0.39 is 124 Å². The minimum atomic E-state index is -0.800. The maximum absolute atomic E-state index is 9.63. The van der Waals surface area contributed by atoms with Gasteiger partial charge in [0, 0.05) is 22.1 Å². The second-order valence-corrected chi connectivity index (χ2v) is 11.8. The summed E-state index contributed by atoms with van der Waals surface area (Å²) < 4.78 is 143. The van der Waals surface area contributed by atoms with Gasteiger partial charge in [-0.3, -0.25) is 0 Å². The molecule has 2 heteroatoms. The van der Waals surface area contributed by atoms with Crippen molar-refractivity contribution in [1.82, 2.24) is 0 Å². The molecule has 0 amide bonds. The summed E-state index contributed by atoms with van der Waals surface area (Å²) in [4.78, 5) is 1.16. The molecule has 0 N–H and O–H groups in total. The summed E-state index contributed by atoms with van der Waals surface area (Å²) in [5.41, 5.74) is -0.721. The zero-order chi connectivity index (χ0) is 46.1. The van der Waals surface area contributed by atoms with Crippen LogP contribution in [0.2, 0.25) is 0 Å². The summed E-state index contributed by atoms with van der Waals surface area (Å²) >= 11 is 0. The molecule has 0 atom stereocenters. The quantitative estimate of drug-likeness (QED) is 0.184. The van der Waals surface area contributed by atoms with Crippen molar-refractivity contribution in [1.29, 1.82) is 0 Å². The van der Waals surface area contributed by atoms with Gasteiger partial charge in [-0.2, -0.15) is 0 Å². The lowest BCUT2D eigenvalue weighted by molar-refractivity contribution is 0.672. The van der Waals surface area contributed by atoms with E-state index in [1.807, 2.05) is 66.7 Å². The van der Waals surface area contributed by atoms with Crippen molar-refractivity contribution < 1.29 is 25.0 Å². The second kappa shape index (κ2) is 11.5. The van der Waals surface area contributed by atoms with E-state index in [2.05, 4.69) is 0 Å². The minimum Gasteiger partial charge on any atom is -0.455 e. The molecule has 0 fully saturated rings. The number of hydrogen-bond donors (Lipinski definition) is 0. The van der Waals surface area contributed by atoms with Crippen LogP contribution in [0.1, 0.15) is 20.6 Å². The van der Waals surface area contributed by atoms with E-state index in [-0.39, 0.29) is 11.3 Å². The van der Waals surface area contributed by atoms with Crippen LogP contribution < -0.4 is 4.90 Å². The first kappa shape index (κ1) is 17.1. The predicted molar refractivity (Wildman–Crippen MR) is 212 cm³/mol. The summed E-state index contributed by atoms with van der Waals surface area (Å²) in [7, 11) is 0. The van der Waals surface area contributed by atoms with Crippen molar-refractivity contribution in [2.24, 2.45) is 0 Å². The molecular formula is C48H31NO. The summed E-state index contributed by atoms with van der Waals surface area (Å²) in [5.74, 6) is 0. The van der Waals surface area contributed by atoms with E-state index in [0.717, 1.165) is 26.4 Å². The number of rotatable bonds is 5. The van der Waals surface area contributed by atoms with Gasteiger partial charge in [-0.1, -0.05) is 133 Å². The Morgan fingerprint density at radius 2 is 1.10 bits per heavy atom. The molecule has 10 aromatic rings. The van der Waals surface area contributed by atoms with Crippen LogP contribution in [0.25, 0.3) is 76.5 Å². The summed E-state index contributed by atoms with van der Waals surface area (Å²) in [5, 5.41) is 3.47. The molecule has 234 valence electrons. The van der Waals surface area contributed by atoms with Gasteiger partial charge in [-0.15, -0.1) is 0 Å². The summed E-state index contributed by atoms with van der Waals surface area (Å²) in [6.07, 6.45) is 0. The van der Waals surface area contributed by atoms with E-state index in [1.54, 1.807) is 30.3 Å². The lowest BCUT2D eigenvalue weighted by Crippen LogP contribution is -2.10. The molecule has 0 spiro atoms. The highest BCUT2D eigenvalue weighted by molar-refractivity contribution is 6.19. The number of benzene rings is 9. The highest BCUT2D eigenvalue weighted by Crippen LogP contribution is 2.45. The topological polar surface area (TPSA) is 16.4 Å². The van der Waals surface area contributed by atoms with Gasteiger partial charge in [0.1, 0.15) is 11.2 Å². The Bertz CT molecular complexity index is 3690. The molecule has 0 unspecified atom stereocenters. The largest absolute Gasteiger partial charge is 0.455 e. The molecule has 0 saturated heterocycles. The van der Waals surface area contributed by atoms with Gasteiger partial charge in [-0.25, -0.2) is 0 Å². The van der Waals surface area contributed by atoms with E-state index in [0.29, 0.717) is 27.5 Å². The van der Waals surface area contributed by atoms with Crippen molar-refractivity contribution in [2.45, 2.75) is 0 Å². The summed E-state index contributed by atoms with van der Waals surface area (Å²) in [6.45, 7) is 0. The van der Waals surface area contributed by atoms with Gasteiger partial charge >= 0.3 is 0 Å². The number of fused-ring (bicyclic) bond motifs is 7. The molecule has 9 aromatic carbocycles. The first-order valence-corrected chi connectivity index (χ1v) is 15.9. The Morgan fingerprint density at radius 1 is 0.440 bits per heavy atom. The third-order valence-electron chi connectivity index (χ3n) is 8.82. The molecule has 10 rings (SSSR count). The molecule has 0 bridgehead atoms. The van der Waals surface area contributed by atoms with Crippen molar-refractivity contribution in [3.8, 4) is 22.3 Å². The fourth-order valence-electron chi connectivity index (χ4n) is 6.43. The lowest BCUT2D eigenvalue weighted by Gasteiger charge is -2.26. The third kappa shape index (κ3) is 4.73. The molecule has 0 radical (unpaired) electrons. The number of hydrogen-bond acceptors (Lipinski definition) is 2. The Hall–Kier alpha value is -6.64. The van der Waals surface area contributed by atoms with Crippen molar-refractivity contribution >= 4 is 71.3 Å². The fourth-order valence-corrected chi connectivity index (χ4v) is 6.43. The third-order valence-corrected chi connectivity index (χ3v) is 8.82. The monoisotopic (exact) mass is 652 g/mol. The van der Waals surface area contributed by atoms with Crippen molar-refractivity contribution in [3.05, 3.63) is 188 Å². The Labute approximate surface area is 311 Å². The van der Waals surface area contributed by atoms with Crippen LogP contribution in [0.15, 0.2) is 192 Å². The molecule has 0 saturated carbocycles. The van der Waals surface area contributed by atoms with Gasteiger partial charge < -0.3 is 9.32 Å². The first-order valence-electron chi connectivity index (χ1n) is 23.4. The summed E-state index contributed by atoms with van der Waals surface area (Å²) in [6, 6.07) is 18.9. The maximum atomic E-state index is 9.63. The SMILES string of the molecule is [2H]c1c([2H])c(N(c2c([2H])c([2H])c(-c3c([2H])c([2H])c4c([2H])c([2H])c([2H])c([2H])c4c3[2H])c([2H])c2[2H])c2cccc3oc4c5ccccc5ccc4c23)c([2H])c([2H])c1-c1ccc2ccccc2c1. The maximum Gasteiger partial charge on any atom is 0.143 e. The average molecular weight is 653 g/mol. The van der Waals surface area contributed by atoms with E-state index in [4.69, 9.17) is 14.0 Å². The van der Waals surface area contributed by atoms with Crippen LogP contribution in [0.4, 0.5) is 17.1 Å². The van der Waals surface area contributed by atoms with Crippen LogP contribution in [-0.2, 0) is 0 Å². The van der Waals surface area contributed by atoms with E-state index >= 15 is 0 Å². The van der Waals surface area contributed by atoms with Gasteiger partial charge in [0.25, 0.3) is 0 Å². The molecule has 0 aliphatic rings. The van der Waals surface area contributed by atoms with Crippen molar-refractivity contribution in [3.63, 3.8) is 0 Å². The number of furan rings is 1. The minimum absolute atomic E-state index is 0.00535. The Morgan fingerprint density at radius 3 is 1.90 bits per heavy atom. The van der Waals surface area contributed by atoms with E-state index in [1.165, 1.54) is 0 Å². The Balaban J connectivity index is 1.31. The predicted octanol–water partition coefficient (Wildman–Crippen LogP) is 13.8. The van der Waals surface area contributed by atoms with Gasteiger partial charge in [0.15, 0.2) is 0 Å². The van der Waals surface area contributed by atoms with Gasteiger partial charge in [0.05, 0.1) is 31.6 Å². The second-order valence-electron chi connectivity index (χ2n) is 11.8.